The van der Waals surface area contributed by atoms with Crippen molar-refractivity contribution in [2.75, 3.05) is 5.75 Å². The van der Waals surface area contributed by atoms with Crippen LogP contribution in [-0.2, 0) is 11.3 Å². The van der Waals surface area contributed by atoms with Gasteiger partial charge in [-0.3, -0.25) is 14.2 Å². The van der Waals surface area contributed by atoms with Gasteiger partial charge in [-0.25, -0.2) is 4.98 Å². The third kappa shape index (κ3) is 5.84. The van der Waals surface area contributed by atoms with E-state index < -0.39 is 0 Å². The average Bonchev–Trinajstić information content (AvgIpc) is 2.73. The van der Waals surface area contributed by atoms with E-state index in [1.807, 2.05) is 24.3 Å². The molecular weight excluding hydrogens is 382 g/mol. The lowest BCUT2D eigenvalue weighted by molar-refractivity contribution is -0.119. The highest BCUT2D eigenvalue weighted by Crippen LogP contribution is 2.24. The summed E-state index contributed by atoms with van der Waals surface area (Å²) >= 11 is 1.38. The fourth-order valence-electron chi connectivity index (χ4n) is 4.06. The number of fused-ring (bicyclic) bond motifs is 1. The second kappa shape index (κ2) is 10.8. The number of carbonyl (C=O) groups is 1. The van der Waals surface area contributed by atoms with Gasteiger partial charge in [0.05, 0.1) is 16.7 Å². The summed E-state index contributed by atoms with van der Waals surface area (Å²) in [6.07, 6.45) is 9.06. The van der Waals surface area contributed by atoms with Crippen LogP contribution in [0.4, 0.5) is 0 Å². The standard InChI is InChI=1S/C23H33N3O2S/c1-3-4-5-10-15-26-22(28)18-12-7-9-14-20(18)25-23(26)29-16-21(27)24-19-13-8-6-11-17(19)2/h7,9,12,14,17,19H,3-6,8,10-11,13,15-16H2,1-2H3,(H,24,27). The van der Waals surface area contributed by atoms with Gasteiger partial charge in [0.2, 0.25) is 5.91 Å². The number of aromatic nitrogens is 2. The number of amides is 1. The molecule has 0 aliphatic heterocycles. The first-order valence-electron chi connectivity index (χ1n) is 11.0. The van der Waals surface area contributed by atoms with Gasteiger partial charge < -0.3 is 5.32 Å². The third-order valence-corrected chi connectivity index (χ3v) is 6.83. The molecule has 2 unspecified atom stereocenters. The van der Waals surface area contributed by atoms with Crippen molar-refractivity contribution in [1.29, 1.82) is 0 Å². The zero-order valence-electron chi connectivity index (χ0n) is 17.7. The van der Waals surface area contributed by atoms with Crippen LogP contribution in [-0.4, -0.2) is 27.3 Å². The van der Waals surface area contributed by atoms with Crippen LogP contribution in [0.1, 0.15) is 65.2 Å². The highest BCUT2D eigenvalue weighted by molar-refractivity contribution is 7.99. The van der Waals surface area contributed by atoms with E-state index in [0.29, 0.717) is 34.3 Å². The monoisotopic (exact) mass is 415 g/mol. The Labute approximate surface area is 177 Å². The average molecular weight is 416 g/mol. The molecule has 158 valence electrons. The summed E-state index contributed by atoms with van der Waals surface area (Å²) in [7, 11) is 0. The minimum Gasteiger partial charge on any atom is -0.352 e. The maximum Gasteiger partial charge on any atom is 0.262 e. The molecule has 1 aliphatic carbocycles. The van der Waals surface area contributed by atoms with Crippen LogP contribution in [0.3, 0.4) is 0 Å². The fraction of sp³-hybridized carbons (Fsp3) is 0.609. The van der Waals surface area contributed by atoms with Gasteiger partial charge in [-0.15, -0.1) is 0 Å². The summed E-state index contributed by atoms with van der Waals surface area (Å²) in [5.41, 5.74) is 0.696. The van der Waals surface area contributed by atoms with Gasteiger partial charge >= 0.3 is 0 Å². The van der Waals surface area contributed by atoms with Crippen LogP contribution < -0.4 is 10.9 Å². The number of benzene rings is 1. The molecule has 29 heavy (non-hydrogen) atoms. The fourth-order valence-corrected chi connectivity index (χ4v) is 4.90. The van der Waals surface area contributed by atoms with Crippen molar-refractivity contribution in [3.8, 4) is 0 Å². The first kappa shape index (κ1) is 21.9. The Morgan fingerprint density at radius 3 is 2.79 bits per heavy atom. The molecule has 1 saturated carbocycles. The van der Waals surface area contributed by atoms with Crippen LogP contribution >= 0.6 is 11.8 Å². The molecule has 2 atom stereocenters. The van der Waals surface area contributed by atoms with Gasteiger partial charge in [-0.1, -0.05) is 69.8 Å². The molecule has 1 amide bonds. The lowest BCUT2D eigenvalue weighted by Gasteiger charge is -2.29. The molecule has 1 heterocycles. The molecule has 1 aromatic carbocycles. The number of carbonyl (C=O) groups excluding carboxylic acids is 1. The molecule has 5 nitrogen and oxygen atoms in total. The lowest BCUT2D eigenvalue weighted by Crippen LogP contribution is -2.42. The van der Waals surface area contributed by atoms with E-state index in [1.165, 1.54) is 37.4 Å². The Morgan fingerprint density at radius 1 is 1.21 bits per heavy atom. The number of nitrogens with one attached hydrogen (secondary N) is 1. The van der Waals surface area contributed by atoms with E-state index >= 15 is 0 Å². The highest BCUT2D eigenvalue weighted by atomic mass is 32.2. The Morgan fingerprint density at radius 2 is 2.00 bits per heavy atom. The summed E-state index contributed by atoms with van der Waals surface area (Å²) in [6, 6.07) is 7.74. The molecule has 2 aromatic rings. The lowest BCUT2D eigenvalue weighted by atomic mass is 9.86. The normalized spacial score (nSPS) is 19.4. The van der Waals surface area contributed by atoms with Gasteiger partial charge in [0, 0.05) is 12.6 Å². The molecular formula is C23H33N3O2S. The van der Waals surface area contributed by atoms with Gasteiger partial charge in [-0.05, 0) is 37.3 Å². The number of nitrogens with zero attached hydrogens (tertiary/aromatic N) is 2. The molecule has 1 aromatic heterocycles. The molecule has 3 rings (SSSR count). The van der Waals surface area contributed by atoms with Crippen molar-refractivity contribution >= 4 is 28.6 Å². The molecule has 0 spiro atoms. The summed E-state index contributed by atoms with van der Waals surface area (Å²) in [5, 5.41) is 4.49. The van der Waals surface area contributed by atoms with Gasteiger partial charge in [0.15, 0.2) is 5.16 Å². The molecule has 1 N–H and O–H groups in total. The molecule has 6 heteroatoms. The van der Waals surface area contributed by atoms with Crippen LogP contribution in [0.2, 0.25) is 0 Å². The zero-order chi connectivity index (χ0) is 20.6. The minimum absolute atomic E-state index is 0.00379. The Bertz CT molecular complexity index is 880. The number of rotatable bonds is 9. The number of unbranched alkanes of at least 4 members (excludes halogenated alkanes) is 3. The van der Waals surface area contributed by atoms with Crippen molar-refractivity contribution in [2.45, 2.75) is 83.0 Å². The van der Waals surface area contributed by atoms with Gasteiger partial charge in [0.1, 0.15) is 0 Å². The van der Waals surface area contributed by atoms with Crippen LogP contribution in [0, 0.1) is 5.92 Å². The topological polar surface area (TPSA) is 64.0 Å². The van der Waals surface area contributed by atoms with Crippen molar-refractivity contribution in [3.63, 3.8) is 0 Å². The van der Waals surface area contributed by atoms with Crippen molar-refractivity contribution in [1.82, 2.24) is 14.9 Å². The molecule has 0 radical (unpaired) electrons. The molecule has 1 fully saturated rings. The van der Waals surface area contributed by atoms with Crippen molar-refractivity contribution in [2.24, 2.45) is 5.92 Å². The Balaban J connectivity index is 1.72. The van der Waals surface area contributed by atoms with Gasteiger partial charge in [-0.2, -0.15) is 0 Å². The van der Waals surface area contributed by atoms with Crippen LogP contribution in [0.25, 0.3) is 10.9 Å². The van der Waals surface area contributed by atoms with Crippen LogP contribution in [0.5, 0.6) is 0 Å². The maximum absolute atomic E-state index is 13.0. The Hall–Kier alpha value is -1.82. The van der Waals surface area contributed by atoms with Crippen molar-refractivity contribution in [3.05, 3.63) is 34.6 Å². The predicted octanol–water partition coefficient (Wildman–Crippen LogP) is 4.76. The van der Waals surface area contributed by atoms with Crippen molar-refractivity contribution < 1.29 is 4.79 Å². The summed E-state index contributed by atoms with van der Waals surface area (Å²) in [4.78, 5) is 30.3. The first-order valence-corrected chi connectivity index (χ1v) is 12.0. The van der Waals surface area contributed by atoms with E-state index in [1.54, 1.807) is 4.57 Å². The van der Waals surface area contributed by atoms with E-state index in [9.17, 15) is 9.59 Å². The molecule has 1 aliphatic rings. The predicted molar refractivity (Wildman–Crippen MR) is 120 cm³/mol. The second-order valence-corrected chi connectivity index (χ2v) is 9.10. The summed E-state index contributed by atoms with van der Waals surface area (Å²) in [5.74, 6) is 0.866. The zero-order valence-corrected chi connectivity index (χ0v) is 18.5. The van der Waals surface area contributed by atoms with E-state index in [-0.39, 0.29) is 17.5 Å². The highest BCUT2D eigenvalue weighted by Gasteiger charge is 2.23. The van der Waals surface area contributed by atoms with E-state index in [4.69, 9.17) is 4.98 Å². The molecule has 0 saturated heterocycles. The smallest absolute Gasteiger partial charge is 0.262 e. The number of para-hydroxylation sites is 1. The largest absolute Gasteiger partial charge is 0.352 e. The van der Waals surface area contributed by atoms with Crippen LogP contribution in [0.15, 0.2) is 34.2 Å². The summed E-state index contributed by atoms with van der Waals surface area (Å²) in [6.45, 7) is 5.05. The van der Waals surface area contributed by atoms with E-state index in [0.717, 1.165) is 25.7 Å². The third-order valence-electron chi connectivity index (χ3n) is 5.85. The number of thioether (sulfide) groups is 1. The second-order valence-electron chi connectivity index (χ2n) is 8.15. The molecule has 0 bridgehead atoms. The number of hydrogen-bond donors (Lipinski definition) is 1. The first-order chi connectivity index (χ1) is 14.1. The minimum atomic E-state index is -0.00379. The SMILES string of the molecule is CCCCCCn1c(SCC(=O)NC2CCCCC2C)nc2ccccc2c1=O. The summed E-state index contributed by atoms with van der Waals surface area (Å²) < 4.78 is 1.76. The maximum atomic E-state index is 13.0. The van der Waals surface area contributed by atoms with E-state index in [2.05, 4.69) is 19.2 Å². The number of hydrogen-bond acceptors (Lipinski definition) is 4. The van der Waals surface area contributed by atoms with Gasteiger partial charge in [0.25, 0.3) is 5.56 Å². The quantitative estimate of drug-likeness (QED) is 0.364. The Kier molecular flexibility index (Phi) is 8.16.